The summed E-state index contributed by atoms with van der Waals surface area (Å²) >= 11 is 3.36. The summed E-state index contributed by atoms with van der Waals surface area (Å²) in [7, 11) is 0. The van der Waals surface area contributed by atoms with Crippen LogP contribution in [0.3, 0.4) is 0 Å². The minimum atomic E-state index is 0.0712. The van der Waals surface area contributed by atoms with E-state index in [1.54, 1.807) is 16.7 Å². The number of aromatic nitrogens is 1. The van der Waals surface area contributed by atoms with Crippen molar-refractivity contribution in [3.63, 3.8) is 0 Å². The highest BCUT2D eigenvalue weighted by molar-refractivity contribution is 9.10. The smallest absolute Gasteiger partial charge is 0.250 e. The van der Waals surface area contributed by atoms with Gasteiger partial charge in [-0.25, -0.2) is 0 Å². The predicted molar refractivity (Wildman–Crippen MR) is 67.1 cm³/mol. The van der Waals surface area contributed by atoms with E-state index in [1.807, 2.05) is 12.3 Å². The van der Waals surface area contributed by atoms with Crippen LogP contribution in [0.2, 0.25) is 0 Å². The topological polar surface area (TPSA) is 22.0 Å². The third kappa shape index (κ3) is 4.47. The fraction of sp³-hybridized carbons (Fsp3) is 0.417. The Bertz CT molecular complexity index is 370. The van der Waals surface area contributed by atoms with Crippen molar-refractivity contribution in [3.05, 3.63) is 45.8 Å². The van der Waals surface area contributed by atoms with Gasteiger partial charge in [-0.3, -0.25) is 4.79 Å². The van der Waals surface area contributed by atoms with Gasteiger partial charge in [-0.1, -0.05) is 12.5 Å². The number of pyridine rings is 1. The van der Waals surface area contributed by atoms with Gasteiger partial charge in [0.05, 0.1) is 0 Å². The number of allylic oxidation sites excluding steroid dienone is 1. The van der Waals surface area contributed by atoms with Crippen LogP contribution in [0.25, 0.3) is 0 Å². The van der Waals surface area contributed by atoms with Gasteiger partial charge in [0.1, 0.15) is 0 Å². The molecule has 0 aliphatic carbocycles. The van der Waals surface area contributed by atoms with Crippen LogP contribution in [0.5, 0.6) is 0 Å². The molecule has 0 saturated heterocycles. The molecule has 0 aromatic carbocycles. The molecule has 0 radical (unpaired) electrons. The van der Waals surface area contributed by atoms with Crippen molar-refractivity contribution in [2.75, 3.05) is 0 Å². The molecule has 15 heavy (non-hydrogen) atoms. The number of halogens is 1. The number of aryl methyl sites for hydroxylation is 1. The van der Waals surface area contributed by atoms with Crippen molar-refractivity contribution in [2.45, 2.75) is 32.2 Å². The molecule has 0 atom stereocenters. The molecule has 0 unspecified atom stereocenters. The lowest BCUT2D eigenvalue weighted by molar-refractivity contribution is 0.576. The van der Waals surface area contributed by atoms with Gasteiger partial charge < -0.3 is 4.57 Å². The summed E-state index contributed by atoms with van der Waals surface area (Å²) in [5.74, 6) is 0. The molecule has 0 aliphatic heterocycles. The Labute approximate surface area is 98.8 Å². The average Bonchev–Trinajstić information content (AvgIpc) is 2.23. The van der Waals surface area contributed by atoms with Crippen molar-refractivity contribution in [1.29, 1.82) is 0 Å². The van der Waals surface area contributed by atoms with Crippen molar-refractivity contribution >= 4 is 15.9 Å². The van der Waals surface area contributed by atoms with E-state index >= 15 is 0 Å². The van der Waals surface area contributed by atoms with Gasteiger partial charge in [0, 0.05) is 23.3 Å². The van der Waals surface area contributed by atoms with E-state index in [0.29, 0.717) is 0 Å². The molecule has 1 aromatic heterocycles. The Balaban J connectivity index is 2.40. The summed E-state index contributed by atoms with van der Waals surface area (Å²) in [5, 5.41) is 0. The van der Waals surface area contributed by atoms with Crippen LogP contribution in [0.4, 0.5) is 0 Å². The minimum Gasteiger partial charge on any atom is -0.314 e. The van der Waals surface area contributed by atoms with Crippen molar-refractivity contribution in [1.82, 2.24) is 4.57 Å². The summed E-state index contributed by atoms with van der Waals surface area (Å²) < 4.78 is 2.70. The third-order valence-electron chi connectivity index (χ3n) is 2.25. The Morgan fingerprint density at radius 3 is 2.87 bits per heavy atom. The van der Waals surface area contributed by atoms with Crippen molar-refractivity contribution in [3.8, 4) is 0 Å². The normalized spacial score (nSPS) is 10.2. The predicted octanol–water partition coefficient (Wildman–Crippen LogP) is 3.36. The Morgan fingerprint density at radius 1 is 1.33 bits per heavy atom. The van der Waals surface area contributed by atoms with Crippen LogP contribution >= 0.6 is 15.9 Å². The first-order valence-electron chi connectivity index (χ1n) is 5.21. The first kappa shape index (κ1) is 12.2. The van der Waals surface area contributed by atoms with Crippen LogP contribution < -0.4 is 5.56 Å². The maximum absolute atomic E-state index is 11.4. The Kier molecular flexibility index (Phi) is 5.40. The lowest BCUT2D eigenvalue weighted by atomic mass is 10.2. The van der Waals surface area contributed by atoms with Crippen LogP contribution in [0.15, 0.2) is 40.3 Å². The van der Waals surface area contributed by atoms with E-state index in [1.165, 1.54) is 0 Å². The molecule has 0 fully saturated rings. The molecule has 0 spiro atoms. The molecule has 82 valence electrons. The molecule has 1 heterocycles. The second-order valence-corrected chi connectivity index (χ2v) is 4.43. The third-order valence-corrected chi connectivity index (χ3v) is 2.72. The monoisotopic (exact) mass is 269 g/mol. The number of rotatable bonds is 6. The molecular formula is C12H16BrNO. The van der Waals surface area contributed by atoms with E-state index in [4.69, 9.17) is 0 Å². The van der Waals surface area contributed by atoms with Gasteiger partial charge in [0.25, 0.3) is 5.56 Å². The maximum atomic E-state index is 11.4. The molecule has 0 N–H and O–H groups in total. The molecule has 1 rings (SSSR count). The second kappa shape index (κ2) is 6.62. The zero-order valence-corrected chi connectivity index (χ0v) is 10.4. The lowest BCUT2D eigenvalue weighted by Gasteiger charge is -2.05. The first-order valence-corrected chi connectivity index (χ1v) is 6.00. The van der Waals surface area contributed by atoms with E-state index < -0.39 is 0 Å². The zero-order chi connectivity index (χ0) is 11.1. The highest BCUT2D eigenvalue weighted by Crippen LogP contribution is 2.06. The summed E-state index contributed by atoms with van der Waals surface area (Å²) in [6.45, 7) is 4.48. The van der Waals surface area contributed by atoms with Crippen LogP contribution in [-0.2, 0) is 6.54 Å². The van der Waals surface area contributed by atoms with Crippen LogP contribution in [0.1, 0.15) is 25.7 Å². The molecule has 0 amide bonds. The maximum Gasteiger partial charge on any atom is 0.250 e. The molecule has 2 nitrogen and oxygen atoms in total. The molecule has 0 bridgehead atoms. The average molecular weight is 270 g/mol. The van der Waals surface area contributed by atoms with Gasteiger partial charge in [-0.05, 0) is 41.3 Å². The molecule has 3 heteroatoms. The summed E-state index contributed by atoms with van der Waals surface area (Å²) in [6.07, 6.45) is 8.19. The molecule has 0 saturated carbocycles. The fourth-order valence-electron chi connectivity index (χ4n) is 1.42. The Hall–Kier alpha value is -0.830. The standard InChI is InChI=1S/C12H16BrNO/c1-2-3-4-5-6-9-14-10-11(13)7-8-12(14)15/h2,7-8,10H,1,3-6,9H2. The zero-order valence-electron chi connectivity index (χ0n) is 8.79. The largest absolute Gasteiger partial charge is 0.314 e. The van der Waals surface area contributed by atoms with Crippen molar-refractivity contribution < 1.29 is 0 Å². The summed E-state index contributed by atoms with van der Waals surface area (Å²) in [6, 6.07) is 3.37. The summed E-state index contributed by atoms with van der Waals surface area (Å²) in [5.41, 5.74) is 0.0712. The fourth-order valence-corrected chi connectivity index (χ4v) is 1.80. The SMILES string of the molecule is C=CCCCCCn1cc(Br)ccc1=O. The minimum absolute atomic E-state index is 0.0712. The number of hydrogen-bond donors (Lipinski definition) is 0. The van der Waals surface area contributed by atoms with Gasteiger partial charge in [-0.15, -0.1) is 6.58 Å². The van der Waals surface area contributed by atoms with Gasteiger partial charge >= 0.3 is 0 Å². The first-order chi connectivity index (χ1) is 7.24. The number of nitrogens with zero attached hydrogens (tertiary/aromatic N) is 1. The van der Waals surface area contributed by atoms with Gasteiger partial charge in [0.15, 0.2) is 0 Å². The number of hydrogen-bond acceptors (Lipinski definition) is 1. The molecule has 1 aromatic rings. The number of unbranched alkanes of at least 4 members (excludes halogenated alkanes) is 3. The van der Waals surface area contributed by atoms with Crippen LogP contribution in [0, 0.1) is 0 Å². The highest BCUT2D eigenvalue weighted by atomic mass is 79.9. The van der Waals surface area contributed by atoms with E-state index in [-0.39, 0.29) is 5.56 Å². The van der Waals surface area contributed by atoms with Gasteiger partial charge in [0.2, 0.25) is 0 Å². The van der Waals surface area contributed by atoms with E-state index in [9.17, 15) is 4.79 Å². The Morgan fingerprint density at radius 2 is 2.13 bits per heavy atom. The quantitative estimate of drug-likeness (QED) is 0.574. The second-order valence-electron chi connectivity index (χ2n) is 3.52. The van der Waals surface area contributed by atoms with Crippen LogP contribution in [-0.4, -0.2) is 4.57 Å². The molecular weight excluding hydrogens is 254 g/mol. The lowest BCUT2D eigenvalue weighted by Crippen LogP contribution is -2.18. The summed E-state index contributed by atoms with van der Waals surface area (Å²) in [4.78, 5) is 11.4. The van der Waals surface area contributed by atoms with E-state index in [2.05, 4.69) is 22.5 Å². The van der Waals surface area contributed by atoms with Crippen molar-refractivity contribution in [2.24, 2.45) is 0 Å². The van der Waals surface area contributed by atoms with Gasteiger partial charge in [-0.2, -0.15) is 0 Å². The molecule has 0 aliphatic rings. The van der Waals surface area contributed by atoms with E-state index in [0.717, 1.165) is 36.7 Å². The highest BCUT2D eigenvalue weighted by Gasteiger charge is 1.96.